The van der Waals surface area contributed by atoms with Gasteiger partial charge >= 0.3 is 0 Å². The minimum atomic E-state index is 0.183. The quantitative estimate of drug-likeness (QED) is 0.840. The van der Waals surface area contributed by atoms with Crippen molar-refractivity contribution in [2.24, 2.45) is 11.7 Å². The summed E-state index contributed by atoms with van der Waals surface area (Å²) in [5, 5.41) is 3.85. The summed E-state index contributed by atoms with van der Waals surface area (Å²) in [6, 6.07) is 4.20. The summed E-state index contributed by atoms with van der Waals surface area (Å²) in [6.07, 6.45) is 6.52. The third-order valence-corrected chi connectivity index (χ3v) is 2.94. The van der Waals surface area contributed by atoms with Gasteiger partial charge in [0.25, 0.3) is 0 Å². The van der Waals surface area contributed by atoms with E-state index in [1.165, 1.54) is 12.8 Å². The zero-order valence-corrected chi connectivity index (χ0v) is 8.91. The predicted octanol–water partition coefficient (Wildman–Crippen LogP) is 1.33. The van der Waals surface area contributed by atoms with Gasteiger partial charge in [0.1, 0.15) is 6.04 Å². The Labute approximate surface area is 93.3 Å². The van der Waals surface area contributed by atoms with E-state index >= 15 is 0 Å². The van der Waals surface area contributed by atoms with Gasteiger partial charge in [-0.25, -0.2) is 0 Å². The van der Waals surface area contributed by atoms with Crippen LogP contribution in [0.25, 0.3) is 0 Å². The summed E-state index contributed by atoms with van der Waals surface area (Å²) in [5.41, 5.74) is 5.48. The van der Waals surface area contributed by atoms with Gasteiger partial charge in [0, 0.05) is 12.4 Å². The lowest BCUT2D eigenvalue weighted by atomic mass is 10.2. The molecule has 5 nitrogen and oxygen atoms in total. The summed E-state index contributed by atoms with van der Waals surface area (Å²) >= 11 is 0. The first-order valence-electron chi connectivity index (χ1n) is 5.53. The smallest absolute Gasteiger partial charge is 0.250 e. The normalized spacial score (nSPS) is 17.6. The van der Waals surface area contributed by atoms with Gasteiger partial charge in [-0.05, 0) is 30.9 Å². The molecule has 0 spiro atoms. The van der Waals surface area contributed by atoms with Crippen LogP contribution >= 0.6 is 0 Å². The Morgan fingerprint density at radius 2 is 2.19 bits per heavy atom. The fourth-order valence-corrected chi connectivity index (χ4v) is 1.99. The van der Waals surface area contributed by atoms with Crippen molar-refractivity contribution >= 4 is 0 Å². The van der Waals surface area contributed by atoms with E-state index in [0.717, 1.165) is 0 Å². The minimum Gasteiger partial charge on any atom is -0.342 e. The molecule has 0 radical (unpaired) electrons. The van der Waals surface area contributed by atoms with Crippen molar-refractivity contribution in [1.82, 2.24) is 14.7 Å². The molecule has 16 heavy (non-hydrogen) atoms. The fraction of sp³-hybridized carbons (Fsp3) is 0.455. The van der Waals surface area contributed by atoms with Crippen molar-refractivity contribution in [1.29, 1.82) is 0 Å². The molecule has 0 bridgehead atoms. The first kappa shape index (κ1) is 9.59. The van der Waals surface area contributed by atoms with E-state index in [2.05, 4.69) is 14.7 Å². The summed E-state index contributed by atoms with van der Waals surface area (Å²) < 4.78 is 7.41. The first-order chi connectivity index (χ1) is 7.88. The Bertz CT molecular complexity index is 458. The van der Waals surface area contributed by atoms with Gasteiger partial charge in [0.05, 0.1) is 6.54 Å². The maximum atomic E-state index is 5.48. The SMILES string of the molecule is NCc1noc(C(C2CC2)n2cccc2)n1. The summed E-state index contributed by atoms with van der Waals surface area (Å²) in [4.78, 5) is 4.32. The second-order valence-corrected chi connectivity index (χ2v) is 4.17. The maximum Gasteiger partial charge on any atom is 0.250 e. The molecule has 2 N–H and O–H groups in total. The molecular formula is C11H14N4O. The Kier molecular flexibility index (Phi) is 2.25. The van der Waals surface area contributed by atoms with Crippen LogP contribution in [-0.4, -0.2) is 14.7 Å². The third kappa shape index (κ3) is 1.63. The molecule has 0 saturated heterocycles. The second kappa shape index (κ2) is 3.75. The number of nitrogens with zero attached hydrogens (tertiary/aromatic N) is 3. The zero-order chi connectivity index (χ0) is 11.0. The molecule has 1 fully saturated rings. The van der Waals surface area contributed by atoms with Gasteiger partial charge in [-0.2, -0.15) is 4.98 Å². The predicted molar refractivity (Wildman–Crippen MR) is 57.5 cm³/mol. The maximum absolute atomic E-state index is 5.48. The number of hydrogen-bond acceptors (Lipinski definition) is 4. The van der Waals surface area contributed by atoms with E-state index in [0.29, 0.717) is 24.2 Å². The molecule has 5 heteroatoms. The average molecular weight is 218 g/mol. The van der Waals surface area contributed by atoms with Crippen molar-refractivity contribution in [3.05, 3.63) is 36.2 Å². The number of hydrogen-bond donors (Lipinski definition) is 1. The van der Waals surface area contributed by atoms with E-state index in [1.54, 1.807) is 0 Å². The topological polar surface area (TPSA) is 69.9 Å². The lowest BCUT2D eigenvalue weighted by Gasteiger charge is -2.13. The molecular weight excluding hydrogens is 204 g/mol. The molecule has 1 unspecified atom stereocenters. The molecule has 0 aliphatic heterocycles. The third-order valence-electron chi connectivity index (χ3n) is 2.94. The standard InChI is InChI=1S/C11H14N4O/c12-7-9-13-11(16-14-9)10(8-3-4-8)15-5-1-2-6-15/h1-2,5-6,8,10H,3-4,7,12H2. The highest BCUT2D eigenvalue weighted by Gasteiger charge is 2.36. The van der Waals surface area contributed by atoms with E-state index in [4.69, 9.17) is 10.3 Å². The Balaban J connectivity index is 1.93. The van der Waals surface area contributed by atoms with E-state index in [-0.39, 0.29) is 6.04 Å². The summed E-state index contributed by atoms with van der Waals surface area (Å²) in [5.74, 6) is 1.88. The van der Waals surface area contributed by atoms with Gasteiger partial charge < -0.3 is 14.8 Å². The van der Waals surface area contributed by atoms with Gasteiger partial charge in [-0.15, -0.1) is 0 Å². The second-order valence-electron chi connectivity index (χ2n) is 4.17. The highest BCUT2D eigenvalue weighted by Crippen LogP contribution is 2.42. The van der Waals surface area contributed by atoms with Crippen LogP contribution in [-0.2, 0) is 6.54 Å². The van der Waals surface area contributed by atoms with Crippen molar-refractivity contribution < 1.29 is 4.52 Å². The van der Waals surface area contributed by atoms with Gasteiger partial charge in [0.2, 0.25) is 5.89 Å². The lowest BCUT2D eigenvalue weighted by molar-refractivity contribution is 0.318. The van der Waals surface area contributed by atoms with Crippen molar-refractivity contribution in [3.8, 4) is 0 Å². The van der Waals surface area contributed by atoms with Gasteiger partial charge in [-0.3, -0.25) is 0 Å². The molecule has 1 aliphatic carbocycles. The average Bonchev–Trinajstić information content (AvgIpc) is 2.83. The van der Waals surface area contributed by atoms with Crippen molar-refractivity contribution in [2.45, 2.75) is 25.4 Å². The molecule has 2 heterocycles. The lowest BCUT2D eigenvalue weighted by Crippen LogP contribution is -2.11. The molecule has 0 amide bonds. The van der Waals surface area contributed by atoms with Crippen molar-refractivity contribution in [2.75, 3.05) is 0 Å². The zero-order valence-electron chi connectivity index (χ0n) is 8.91. The van der Waals surface area contributed by atoms with E-state index in [1.807, 2.05) is 24.5 Å². The highest BCUT2D eigenvalue weighted by molar-refractivity contribution is 5.06. The monoisotopic (exact) mass is 218 g/mol. The largest absolute Gasteiger partial charge is 0.342 e. The highest BCUT2D eigenvalue weighted by atomic mass is 16.5. The number of nitrogens with two attached hydrogens (primary N) is 1. The molecule has 2 aromatic heterocycles. The fourth-order valence-electron chi connectivity index (χ4n) is 1.99. The molecule has 2 aromatic rings. The van der Waals surface area contributed by atoms with Crippen LogP contribution in [0.4, 0.5) is 0 Å². The Hall–Kier alpha value is -1.62. The Morgan fingerprint density at radius 3 is 2.75 bits per heavy atom. The number of aromatic nitrogens is 3. The Morgan fingerprint density at radius 1 is 1.44 bits per heavy atom. The van der Waals surface area contributed by atoms with Crippen LogP contribution in [0.5, 0.6) is 0 Å². The van der Waals surface area contributed by atoms with Crippen LogP contribution < -0.4 is 5.73 Å². The molecule has 0 aromatic carbocycles. The summed E-state index contributed by atoms with van der Waals surface area (Å²) in [6.45, 7) is 0.326. The summed E-state index contributed by atoms with van der Waals surface area (Å²) in [7, 11) is 0. The van der Waals surface area contributed by atoms with Gasteiger partial charge in [0.15, 0.2) is 5.82 Å². The van der Waals surface area contributed by atoms with Crippen LogP contribution in [0, 0.1) is 5.92 Å². The number of rotatable bonds is 4. The molecule has 1 aliphatic rings. The molecule has 1 atom stereocenters. The molecule has 84 valence electrons. The molecule has 3 rings (SSSR count). The van der Waals surface area contributed by atoms with E-state index < -0.39 is 0 Å². The van der Waals surface area contributed by atoms with Crippen LogP contribution in [0.3, 0.4) is 0 Å². The minimum absolute atomic E-state index is 0.183. The van der Waals surface area contributed by atoms with E-state index in [9.17, 15) is 0 Å². The van der Waals surface area contributed by atoms with Crippen molar-refractivity contribution in [3.63, 3.8) is 0 Å². The van der Waals surface area contributed by atoms with Gasteiger partial charge in [-0.1, -0.05) is 5.16 Å². The molecule has 1 saturated carbocycles. The van der Waals surface area contributed by atoms with Crippen LogP contribution in [0.2, 0.25) is 0 Å². The van der Waals surface area contributed by atoms with Crippen LogP contribution in [0.1, 0.15) is 30.6 Å². The van der Waals surface area contributed by atoms with Crippen LogP contribution in [0.15, 0.2) is 29.0 Å². The first-order valence-corrected chi connectivity index (χ1v) is 5.53.